The number of carbonyl (C=O) groups excluding carboxylic acids is 1. The molecule has 0 amide bonds. The molecule has 134 valence electrons. The van der Waals surface area contributed by atoms with Crippen LogP contribution in [0.2, 0.25) is 0 Å². The van der Waals surface area contributed by atoms with E-state index in [1.807, 2.05) is 0 Å². The molecular formula is C19H34O4. The molecule has 0 bridgehead atoms. The van der Waals surface area contributed by atoms with Crippen molar-refractivity contribution >= 4 is 11.9 Å². The van der Waals surface area contributed by atoms with Gasteiger partial charge < -0.3 is 9.84 Å². The number of carboxylic acids is 1. The normalized spacial score (nSPS) is 12.4. The monoisotopic (exact) mass is 326 g/mol. The van der Waals surface area contributed by atoms with Crippen LogP contribution in [-0.2, 0) is 14.3 Å². The number of hydrogen-bond acceptors (Lipinski definition) is 3. The Morgan fingerprint density at radius 3 is 2.04 bits per heavy atom. The van der Waals surface area contributed by atoms with Gasteiger partial charge in [-0.3, -0.25) is 4.79 Å². The molecule has 0 heterocycles. The summed E-state index contributed by atoms with van der Waals surface area (Å²) in [6, 6.07) is 0. The van der Waals surface area contributed by atoms with Crippen molar-refractivity contribution in [1.82, 2.24) is 0 Å². The summed E-state index contributed by atoms with van der Waals surface area (Å²) in [5.74, 6) is -1.46. The number of carbonyl (C=O) groups is 2. The summed E-state index contributed by atoms with van der Waals surface area (Å²) in [7, 11) is 0. The first kappa shape index (κ1) is 21.7. The van der Waals surface area contributed by atoms with Crippen LogP contribution in [0.15, 0.2) is 12.2 Å². The Hall–Kier alpha value is -1.32. The number of ether oxygens (including phenoxy) is 1. The topological polar surface area (TPSA) is 63.6 Å². The Balaban J connectivity index is 3.42. The zero-order valence-corrected chi connectivity index (χ0v) is 14.9. The molecule has 0 aromatic heterocycles. The van der Waals surface area contributed by atoms with E-state index in [9.17, 15) is 9.59 Å². The maximum atomic E-state index is 11.5. The molecule has 4 nitrogen and oxygen atoms in total. The van der Waals surface area contributed by atoms with E-state index in [0.717, 1.165) is 25.7 Å². The fraction of sp³-hybridized carbons (Fsp3) is 0.789. The molecule has 1 unspecified atom stereocenters. The molecular weight excluding hydrogens is 292 g/mol. The van der Waals surface area contributed by atoms with Crippen LogP contribution in [0.1, 0.15) is 90.9 Å². The Morgan fingerprint density at radius 1 is 0.913 bits per heavy atom. The van der Waals surface area contributed by atoms with Crippen LogP contribution < -0.4 is 0 Å². The van der Waals surface area contributed by atoms with Gasteiger partial charge in [0.25, 0.3) is 0 Å². The highest BCUT2D eigenvalue weighted by Crippen LogP contribution is 2.10. The van der Waals surface area contributed by atoms with Crippen molar-refractivity contribution in [3.63, 3.8) is 0 Å². The fourth-order valence-electron chi connectivity index (χ4n) is 2.34. The third kappa shape index (κ3) is 14.0. The summed E-state index contributed by atoms with van der Waals surface area (Å²) >= 11 is 0. The molecule has 1 N–H and O–H groups in total. The minimum Gasteiger partial charge on any atom is -0.479 e. The van der Waals surface area contributed by atoms with Gasteiger partial charge in [-0.1, -0.05) is 58.1 Å². The van der Waals surface area contributed by atoms with E-state index < -0.39 is 18.0 Å². The Labute approximate surface area is 141 Å². The SMILES string of the molecule is CCCCC/C=C\CCCCCCCC(=O)OC(CC)C(=O)O. The van der Waals surface area contributed by atoms with Crippen LogP contribution in [-0.4, -0.2) is 23.1 Å². The molecule has 0 radical (unpaired) electrons. The summed E-state index contributed by atoms with van der Waals surface area (Å²) in [5.41, 5.74) is 0. The number of rotatable bonds is 15. The maximum Gasteiger partial charge on any atom is 0.345 e. The van der Waals surface area contributed by atoms with Crippen LogP contribution in [0, 0.1) is 0 Å². The first-order valence-electron chi connectivity index (χ1n) is 9.19. The summed E-state index contributed by atoms with van der Waals surface area (Å²) in [4.78, 5) is 22.3. The highest BCUT2D eigenvalue weighted by atomic mass is 16.6. The predicted molar refractivity (Wildman–Crippen MR) is 93.4 cm³/mol. The van der Waals surface area contributed by atoms with Crippen molar-refractivity contribution < 1.29 is 19.4 Å². The fourth-order valence-corrected chi connectivity index (χ4v) is 2.34. The summed E-state index contributed by atoms with van der Waals surface area (Å²) < 4.78 is 4.91. The zero-order valence-electron chi connectivity index (χ0n) is 14.9. The third-order valence-corrected chi connectivity index (χ3v) is 3.81. The van der Waals surface area contributed by atoms with Gasteiger partial charge in [0.05, 0.1) is 0 Å². The van der Waals surface area contributed by atoms with Gasteiger partial charge in [-0.05, 0) is 38.5 Å². The summed E-state index contributed by atoms with van der Waals surface area (Å²) in [6.45, 7) is 3.92. The lowest BCUT2D eigenvalue weighted by Gasteiger charge is -2.11. The minimum absolute atomic E-state index is 0.313. The van der Waals surface area contributed by atoms with E-state index in [0.29, 0.717) is 12.8 Å². The second-order valence-corrected chi connectivity index (χ2v) is 6.00. The van der Waals surface area contributed by atoms with Crippen molar-refractivity contribution in [1.29, 1.82) is 0 Å². The maximum absolute atomic E-state index is 11.5. The lowest BCUT2D eigenvalue weighted by Crippen LogP contribution is -2.26. The van der Waals surface area contributed by atoms with Crippen molar-refractivity contribution in [2.45, 2.75) is 97.0 Å². The quantitative estimate of drug-likeness (QED) is 0.253. The van der Waals surface area contributed by atoms with Crippen LogP contribution >= 0.6 is 0 Å². The van der Waals surface area contributed by atoms with Crippen LogP contribution in [0.5, 0.6) is 0 Å². The highest BCUT2D eigenvalue weighted by Gasteiger charge is 2.19. The molecule has 0 rings (SSSR count). The molecule has 0 aliphatic heterocycles. The number of unbranched alkanes of at least 4 members (excludes halogenated alkanes) is 8. The number of hydrogen-bond donors (Lipinski definition) is 1. The molecule has 1 atom stereocenters. The van der Waals surface area contributed by atoms with Crippen LogP contribution in [0.25, 0.3) is 0 Å². The van der Waals surface area contributed by atoms with Gasteiger partial charge in [-0.25, -0.2) is 4.79 Å². The van der Waals surface area contributed by atoms with Gasteiger partial charge in [-0.2, -0.15) is 0 Å². The van der Waals surface area contributed by atoms with E-state index >= 15 is 0 Å². The molecule has 4 heteroatoms. The van der Waals surface area contributed by atoms with Gasteiger partial charge in [0.15, 0.2) is 6.10 Å². The second kappa shape index (κ2) is 15.6. The van der Waals surface area contributed by atoms with Gasteiger partial charge >= 0.3 is 11.9 Å². The second-order valence-electron chi connectivity index (χ2n) is 6.00. The van der Waals surface area contributed by atoms with Crippen LogP contribution in [0.4, 0.5) is 0 Å². The predicted octanol–water partition coefficient (Wildman–Crippen LogP) is 5.26. The smallest absolute Gasteiger partial charge is 0.345 e. The number of allylic oxidation sites excluding steroid dienone is 2. The van der Waals surface area contributed by atoms with E-state index in [1.165, 1.54) is 38.5 Å². The first-order chi connectivity index (χ1) is 11.1. The molecule has 0 fully saturated rings. The molecule has 0 aliphatic rings. The van der Waals surface area contributed by atoms with Gasteiger partial charge in [-0.15, -0.1) is 0 Å². The number of esters is 1. The molecule has 23 heavy (non-hydrogen) atoms. The number of carboxylic acid groups (broad SMARTS) is 1. The zero-order chi connectivity index (χ0) is 17.3. The summed E-state index contributed by atoms with van der Waals surface area (Å²) in [5, 5.41) is 8.81. The summed E-state index contributed by atoms with van der Waals surface area (Å²) in [6.07, 6.45) is 15.7. The molecule has 0 aromatic carbocycles. The van der Waals surface area contributed by atoms with E-state index in [2.05, 4.69) is 19.1 Å². The van der Waals surface area contributed by atoms with Crippen molar-refractivity contribution in [2.24, 2.45) is 0 Å². The van der Waals surface area contributed by atoms with Crippen molar-refractivity contribution in [2.75, 3.05) is 0 Å². The van der Waals surface area contributed by atoms with Crippen LogP contribution in [0.3, 0.4) is 0 Å². The standard InChI is InChI=1S/C19H34O4/c1-3-5-6-7-8-9-10-11-12-13-14-15-16-18(20)23-17(4-2)19(21)22/h8-9,17H,3-7,10-16H2,1-2H3,(H,21,22)/b9-8-. The Bertz CT molecular complexity index is 336. The van der Waals surface area contributed by atoms with Gasteiger partial charge in [0, 0.05) is 6.42 Å². The molecule has 0 saturated carbocycles. The molecule has 0 aromatic rings. The Kier molecular flexibility index (Phi) is 14.7. The van der Waals surface area contributed by atoms with Gasteiger partial charge in [0.1, 0.15) is 0 Å². The number of aliphatic carboxylic acids is 1. The van der Waals surface area contributed by atoms with Crippen molar-refractivity contribution in [3.8, 4) is 0 Å². The Morgan fingerprint density at radius 2 is 1.48 bits per heavy atom. The first-order valence-corrected chi connectivity index (χ1v) is 9.19. The van der Waals surface area contributed by atoms with E-state index in [4.69, 9.17) is 9.84 Å². The van der Waals surface area contributed by atoms with Gasteiger partial charge in [0.2, 0.25) is 0 Å². The minimum atomic E-state index is -1.07. The average molecular weight is 326 g/mol. The molecule has 0 saturated heterocycles. The van der Waals surface area contributed by atoms with E-state index in [-0.39, 0.29) is 0 Å². The van der Waals surface area contributed by atoms with Crippen molar-refractivity contribution in [3.05, 3.63) is 12.2 Å². The largest absolute Gasteiger partial charge is 0.479 e. The molecule has 0 aliphatic carbocycles. The highest BCUT2D eigenvalue weighted by molar-refractivity contribution is 5.77. The van der Waals surface area contributed by atoms with E-state index in [1.54, 1.807) is 6.92 Å². The molecule has 0 spiro atoms. The third-order valence-electron chi connectivity index (χ3n) is 3.81. The average Bonchev–Trinajstić information content (AvgIpc) is 2.53. The lowest BCUT2D eigenvalue weighted by molar-refractivity contribution is -0.164. The lowest BCUT2D eigenvalue weighted by atomic mass is 10.1.